The monoisotopic (exact) mass is 658 g/mol. The molecule has 0 N–H and O–H groups in total. The molecule has 0 aliphatic heterocycles. The van der Waals surface area contributed by atoms with Crippen LogP contribution in [0.1, 0.15) is 109 Å². The largest absolute Gasteiger partial charge is 0.127 e. The maximum Gasteiger partial charge on any atom is 0.0543 e. The van der Waals surface area contributed by atoms with Crippen LogP contribution in [0.3, 0.4) is 0 Å². The van der Waals surface area contributed by atoms with Crippen molar-refractivity contribution in [2.75, 3.05) is 11.8 Å². The van der Waals surface area contributed by atoms with Gasteiger partial charge >= 0.3 is 0 Å². The number of halogens is 3. The van der Waals surface area contributed by atoms with Crippen LogP contribution in [-0.2, 0) is 6.42 Å². The first-order valence-electron chi connectivity index (χ1n) is 16.3. The quantitative estimate of drug-likeness (QED) is 0.0886. The van der Waals surface area contributed by atoms with Gasteiger partial charge in [-0.15, -0.1) is 23.2 Å². The number of rotatable bonds is 17. The molecule has 2 aliphatic carbocycles. The SMILES string of the molecule is C=CC1=C(C=C(C=CC)CCC)C(Cc2ccccc2)C(Br)(CCCCCl)C(CCCCCCl)=C1C1CCCCC1. The topological polar surface area (TPSA) is 0 Å². The number of alkyl halides is 3. The van der Waals surface area contributed by atoms with E-state index in [-0.39, 0.29) is 4.32 Å². The standard InChI is InChI=1S/C38H53BrCl2/c1-4-18-30(19-5-2)28-34-33(6-3)37(32-22-12-8-13-23-32)35(24-14-9-16-26-40)38(39,25-15-17-27-41)36(34)29-31-20-10-7-11-21-31/h4,6-7,10-11,18,20-21,28,32,36H,3,5,8-9,12-17,19,22-27,29H2,1-2H3. The van der Waals surface area contributed by atoms with Crippen molar-refractivity contribution in [2.24, 2.45) is 11.8 Å². The van der Waals surface area contributed by atoms with Crippen molar-refractivity contribution in [2.45, 2.75) is 114 Å². The van der Waals surface area contributed by atoms with Crippen molar-refractivity contribution in [1.82, 2.24) is 0 Å². The summed E-state index contributed by atoms with van der Waals surface area (Å²) in [6.07, 6.45) is 27.0. The van der Waals surface area contributed by atoms with E-state index in [0.29, 0.717) is 11.8 Å². The van der Waals surface area contributed by atoms with Crippen LogP contribution in [-0.4, -0.2) is 16.1 Å². The molecule has 0 spiro atoms. The minimum absolute atomic E-state index is 0.103. The highest BCUT2D eigenvalue weighted by Gasteiger charge is 2.47. The van der Waals surface area contributed by atoms with Crippen LogP contribution in [0.4, 0.5) is 0 Å². The lowest BCUT2D eigenvalue weighted by Gasteiger charge is -2.47. The lowest BCUT2D eigenvalue weighted by Crippen LogP contribution is -2.41. The normalized spacial score (nSPS) is 22.7. The Balaban J connectivity index is 2.32. The molecule has 0 heterocycles. The molecule has 1 aromatic carbocycles. The molecule has 3 heteroatoms. The molecular weight excluding hydrogens is 607 g/mol. The molecule has 0 bridgehead atoms. The van der Waals surface area contributed by atoms with Crippen LogP contribution in [0, 0.1) is 11.8 Å². The Morgan fingerprint density at radius 3 is 2.34 bits per heavy atom. The highest BCUT2D eigenvalue weighted by Crippen LogP contribution is 2.56. The molecule has 2 aliphatic rings. The number of benzene rings is 1. The fourth-order valence-electron chi connectivity index (χ4n) is 7.20. The average Bonchev–Trinajstić information content (AvgIpc) is 2.99. The number of unbranched alkanes of at least 4 members (excludes halogenated alkanes) is 3. The smallest absolute Gasteiger partial charge is 0.0543 e. The van der Waals surface area contributed by atoms with Crippen LogP contribution in [0.5, 0.6) is 0 Å². The van der Waals surface area contributed by atoms with Crippen molar-refractivity contribution < 1.29 is 0 Å². The predicted molar refractivity (Wildman–Crippen MR) is 188 cm³/mol. The van der Waals surface area contributed by atoms with E-state index in [4.69, 9.17) is 23.2 Å². The molecule has 3 rings (SSSR count). The highest BCUT2D eigenvalue weighted by molar-refractivity contribution is 9.10. The van der Waals surface area contributed by atoms with Gasteiger partial charge in [-0.2, -0.15) is 0 Å². The van der Waals surface area contributed by atoms with E-state index in [1.54, 1.807) is 11.1 Å². The number of hydrogen-bond acceptors (Lipinski definition) is 0. The summed E-state index contributed by atoms with van der Waals surface area (Å²) in [7, 11) is 0. The third kappa shape index (κ3) is 9.48. The van der Waals surface area contributed by atoms with Crippen LogP contribution in [0.15, 0.2) is 89.1 Å². The van der Waals surface area contributed by atoms with Crippen LogP contribution < -0.4 is 0 Å². The van der Waals surface area contributed by atoms with Crippen LogP contribution >= 0.6 is 39.1 Å². The summed E-state index contributed by atoms with van der Waals surface area (Å²) in [6.45, 7) is 8.93. The van der Waals surface area contributed by atoms with E-state index < -0.39 is 0 Å². The van der Waals surface area contributed by atoms with Gasteiger partial charge in [0.25, 0.3) is 0 Å². The van der Waals surface area contributed by atoms with E-state index in [1.165, 1.54) is 67.2 Å². The average molecular weight is 661 g/mol. The van der Waals surface area contributed by atoms with Crippen molar-refractivity contribution in [3.05, 3.63) is 94.6 Å². The Bertz CT molecular complexity index is 1060. The fourth-order valence-corrected chi connectivity index (χ4v) is 8.67. The van der Waals surface area contributed by atoms with Gasteiger partial charge in [0.1, 0.15) is 0 Å². The molecule has 0 amide bonds. The molecule has 0 saturated heterocycles. The molecule has 0 radical (unpaired) electrons. The maximum absolute atomic E-state index is 6.27. The molecule has 2 unspecified atom stereocenters. The van der Waals surface area contributed by atoms with Gasteiger partial charge in [0, 0.05) is 17.7 Å². The summed E-state index contributed by atoms with van der Waals surface area (Å²) in [6, 6.07) is 11.1. The summed E-state index contributed by atoms with van der Waals surface area (Å²) in [5, 5.41) is 0. The van der Waals surface area contributed by atoms with E-state index in [2.05, 4.69) is 91.0 Å². The van der Waals surface area contributed by atoms with Gasteiger partial charge in [-0.25, -0.2) is 0 Å². The van der Waals surface area contributed by atoms with Gasteiger partial charge in [-0.1, -0.05) is 123 Å². The molecule has 41 heavy (non-hydrogen) atoms. The van der Waals surface area contributed by atoms with E-state index in [9.17, 15) is 0 Å². The van der Waals surface area contributed by atoms with Gasteiger partial charge in [-0.3, -0.25) is 0 Å². The predicted octanol–water partition coefficient (Wildman–Crippen LogP) is 12.9. The first-order valence-corrected chi connectivity index (χ1v) is 18.2. The van der Waals surface area contributed by atoms with Crippen molar-refractivity contribution >= 4 is 39.1 Å². The molecular formula is C38H53BrCl2. The van der Waals surface area contributed by atoms with Crippen molar-refractivity contribution in [3.63, 3.8) is 0 Å². The summed E-state index contributed by atoms with van der Waals surface area (Å²) in [5.74, 6) is 2.40. The van der Waals surface area contributed by atoms with E-state index in [1.807, 2.05) is 0 Å². The first-order chi connectivity index (χ1) is 20.0. The summed E-state index contributed by atoms with van der Waals surface area (Å²) >= 11 is 17.0. The Morgan fingerprint density at radius 1 is 1.00 bits per heavy atom. The van der Waals surface area contributed by atoms with Crippen molar-refractivity contribution in [3.8, 4) is 0 Å². The van der Waals surface area contributed by atoms with E-state index in [0.717, 1.165) is 63.1 Å². The second-order valence-corrected chi connectivity index (χ2v) is 14.2. The molecule has 0 nitrogen and oxygen atoms in total. The highest BCUT2D eigenvalue weighted by atomic mass is 79.9. The Morgan fingerprint density at radius 2 is 1.71 bits per heavy atom. The summed E-state index contributed by atoms with van der Waals surface area (Å²) in [5.41, 5.74) is 9.02. The molecule has 1 fully saturated rings. The molecule has 1 aromatic rings. The fraction of sp³-hybridized carbons (Fsp3) is 0.579. The molecule has 2 atom stereocenters. The second-order valence-electron chi connectivity index (χ2n) is 12.0. The van der Waals surface area contributed by atoms with Gasteiger partial charge in [0.2, 0.25) is 0 Å². The lowest BCUT2D eigenvalue weighted by molar-refractivity contribution is 0.375. The lowest BCUT2D eigenvalue weighted by atomic mass is 9.62. The Kier molecular flexibility index (Phi) is 15.6. The Hall–Kier alpha value is -1.02. The van der Waals surface area contributed by atoms with Crippen LogP contribution in [0.25, 0.3) is 0 Å². The van der Waals surface area contributed by atoms with Gasteiger partial charge < -0.3 is 0 Å². The molecule has 1 saturated carbocycles. The molecule has 226 valence electrons. The Labute approximate surface area is 270 Å². The summed E-state index contributed by atoms with van der Waals surface area (Å²) < 4.78 is -0.103. The zero-order valence-electron chi connectivity index (χ0n) is 25.7. The first kappa shape index (κ1) is 34.5. The minimum Gasteiger partial charge on any atom is -0.127 e. The number of allylic oxidation sites excluding steroid dienone is 9. The van der Waals surface area contributed by atoms with Gasteiger partial charge in [0.05, 0.1) is 4.32 Å². The second kappa shape index (κ2) is 18.6. The maximum atomic E-state index is 6.27. The zero-order valence-corrected chi connectivity index (χ0v) is 28.8. The van der Waals surface area contributed by atoms with Gasteiger partial charge in [-0.05, 0) is 104 Å². The summed E-state index contributed by atoms with van der Waals surface area (Å²) in [4.78, 5) is 0. The third-order valence-electron chi connectivity index (χ3n) is 9.10. The van der Waals surface area contributed by atoms with E-state index >= 15 is 0 Å². The minimum atomic E-state index is -0.103. The van der Waals surface area contributed by atoms with Gasteiger partial charge in [0.15, 0.2) is 0 Å². The zero-order chi connectivity index (χ0) is 29.5. The number of hydrogen-bond donors (Lipinski definition) is 0. The third-order valence-corrected chi connectivity index (χ3v) is 11.1. The van der Waals surface area contributed by atoms with Crippen LogP contribution in [0.2, 0.25) is 0 Å². The van der Waals surface area contributed by atoms with Crippen molar-refractivity contribution in [1.29, 1.82) is 0 Å². The molecule has 0 aromatic heterocycles.